The van der Waals surface area contributed by atoms with Crippen molar-refractivity contribution in [1.82, 2.24) is 10.3 Å². The Balaban J connectivity index is 1.60. The lowest BCUT2D eigenvalue weighted by Crippen LogP contribution is -2.24. The van der Waals surface area contributed by atoms with E-state index in [1.165, 1.54) is 6.20 Å². The molecular weight excluding hydrogens is 330 g/mol. The van der Waals surface area contributed by atoms with Crippen LogP contribution in [0.2, 0.25) is 0 Å². The number of primary amides is 1. The first kappa shape index (κ1) is 18.1. The van der Waals surface area contributed by atoms with Gasteiger partial charge in [0.25, 0.3) is 5.91 Å². The highest BCUT2D eigenvalue weighted by molar-refractivity contribution is 5.96. The third-order valence-corrected chi connectivity index (χ3v) is 4.58. The molecule has 0 bridgehead atoms. The molecule has 0 spiro atoms. The van der Waals surface area contributed by atoms with Crippen LogP contribution in [0, 0.1) is 5.92 Å². The number of aromatic nitrogens is 1. The number of carbonyl (C=O) groups excluding carboxylic acids is 2. The summed E-state index contributed by atoms with van der Waals surface area (Å²) in [7, 11) is 0. The fraction of sp³-hybridized carbons (Fsp3) is 0.350. The predicted molar refractivity (Wildman–Crippen MR) is 98.7 cm³/mol. The van der Waals surface area contributed by atoms with Crippen LogP contribution in [0.25, 0.3) is 11.1 Å². The van der Waals surface area contributed by atoms with Crippen molar-refractivity contribution in [3.8, 4) is 11.1 Å². The second-order valence-electron chi connectivity index (χ2n) is 6.54. The van der Waals surface area contributed by atoms with E-state index in [1.54, 1.807) is 24.4 Å². The Morgan fingerprint density at radius 3 is 2.81 bits per heavy atom. The number of hydrogen-bond donors (Lipinski definition) is 2. The van der Waals surface area contributed by atoms with Crippen LogP contribution in [0.15, 0.2) is 42.7 Å². The van der Waals surface area contributed by atoms with Crippen molar-refractivity contribution in [2.75, 3.05) is 19.8 Å². The highest BCUT2D eigenvalue weighted by atomic mass is 16.5. The normalized spacial score (nSPS) is 16.4. The zero-order chi connectivity index (χ0) is 18.4. The zero-order valence-electron chi connectivity index (χ0n) is 14.6. The topological polar surface area (TPSA) is 94.3 Å². The summed E-state index contributed by atoms with van der Waals surface area (Å²) in [5.74, 6) is -0.00490. The van der Waals surface area contributed by atoms with Crippen molar-refractivity contribution < 1.29 is 14.3 Å². The lowest BCUT2D eigenvalue weighted by Gasteiger charge is -2.09. The Labute approximate surface area is 152 Å². The third-order valence-electron chi connectivity index (χ3n) is 4.58. The van der Waals surface area contributed by atoms with Gasteiger partial charge in [0.05, 0.1) is 5.56 Å². The van der Waals surface area contributed by atoms with E-state index in [-0.39, 0.29) is 5.91 Å². The molecule has 3 N–H and O–H groups in total. The van der Waals surface area contributed by atoms with E-state index in [2.05, 4.69) is 10.3 Å². The van der Waals surface area contributed by atoms with Crippen LogP contribution in [0.1, 0.15) is 40.0 Å². The summed E-state index contributed by atoms with van der Waals surface area (Å²) in [5.41, 5.74) is 7.79. The van der Waals surface area contributed by atoms with Crippen molar-refractivity contribution in [1.29, 1.82) is 0 Å². The van der Waals surface area contributed by atoms with Crippen LogP contribution in [0.5, 0.6) is 0 Å². The lowest BCUT2D eigenvalue weighted by atomic mass is 10.0. The minimum atomic E-state index is -0.527. The Hall–Kier alpha value is -2.73. The molecule has 0 radical (unpaired) electrons. The van der Waals surface area contributed by atoms with Crippen LogP contribution < -0.4 is 11.1 Å². The molecule has 1 aliphatic heterocycles. The molecule has 2 amide bonds. The highest BCUT2D eigenvalue weighted by Gasteiger charge is 2.15. The minimum Gasteiger partial charge on any atom is -0.381 e. The Bertz CT molecular complexity index is 785. The van der Waals surface area contributed by atoms with Gasteiger partial charge >= 0.3 is 0 Å². The molecule has 1 saturated heterocycles. The number of rotatable bonds is 7. The van der Waals surface area contributed by atoms with Crippen molar-refractivity contribution in [3.63, 3.8) is 0 Å². The number of carbonyl (C=O) groups is 2. The molecule has 1 aliphatic rings. The van der Waals surface area contributed by atoms with Crippen molar-refractivity contribution >= 4 is 11.8 Å². The molecule has 6 heteroatoms. The van der Waals surface area contributed by atoms with Gasteiger partial charge in [0.15, 0.2) is 0 Å². The summed E-state index contributed by atoms with van der Waals surface area (Å²) < 4.78 is 5.36. The largest absolute Gasteiger partial charge is 0.381 e. The van der Waals surface area contributed by atoms with E-state index in [1.807, 2.05) is 12.1 Å². The molecule has 1 fully saturated rings. The van der Waals surface area contributed by atoms with E-state index >= 15 is 0 Å². The number of nitrogens with one attached hydrogen (secondary N) is 1. The van der Waals surface area contributed by atoms with E-state index in [0.717, 1.165) is 43.6 Å². The number of ether oxygens (including phenoxy) is 1. The molecule has 26 heavy (non-hydrogen) atoms. The van der Waals surface area contributed by atoms with Gasteiger partial charge in [-0.2, -0.15) is 0 Å². The standard InChI is InChI=1S/C20H23N3O3/c21-19(24)18-10-17(11-22-12-18)15-4-1-5-16(9-15)20(25)23-7-2-3-14-6-8-26-13-14/h1,4-5,9-12,14H,2-3,6-8,13H2,(H2,21,24)(H,23,25). The molecule has 6 nitrogen and oxygen atoms in total. The van der Waals surface area contributed by atoms with Crippen molar-refractivity contribution in [2.45, 2.75) is 19.3 Å². The minimum absolute atomic E-state index is 0.103. The lowest BCUT2D eigenvalue weighted by molar-refractivity contribution is 0.0951. The molecule has 1 aromatic carbocycles. The number of benzene rings is 1. The van der Waals surface area contributed by atoms with Gasteiger partial charge in [-0.25, -0.2) is 0 Å². The molecule has 136 valence electrons. The smallest absolute Gasteiger partial charge is 0.251 e. The van der Waals surface area contributed by atoms with Gasteiger partial charge in [0, 0.05) is 43.3 Å². The maximum Gasteiger partial charge on any atom is 0.251 e. The fourth-order valence-corrected chi connectivity index (χ4v) is 3.08. The van der Waals surface area contributed by atoms with Gasteiger partial charge in [0.1, 0.15) is 0 Å². The van der Waals surface area contributed by atoms with Crippen LogP contribution in [-0.2, 0) is 4.74 Å². The molecular formula is C20H23N3O3. The summed E-state index contributed by atoms with van der Waals surface area (Å²) in [6.45, 7) is 2.35. The summed E-state index contributed by atoms with van der Waals surface area (Å²) >= 11 is 0. The molecule has 1 aromatic heterocycles. The maximum absolute atomic E-state index is 12.4. The SMILES string of the molecule is NC(=O)c1cncc(-c2cccc(C(=O)NCCCC3CCOC3)c2)c1. The van der Waals surface area contributed by atoms with E-state index < -0.39 is 5.91 Å². The Kier molecular flexibility index (Phi) is 5.96. The Morgan fingerprint density at radius 2 is 2.04 bits per heavy atom. The monoisotopic (exact) mass is 353 g/mol. The van der Waals surface area contributed by atoms with Crippen molar-refractivity contribution in [2.24, 2.45) is 11.7 Å². The maximum atomic E-state index is 12.4. The summed E-state index contributed by atoms with van der Waals surface area (Å²) in [6, 6.07) is 8.93. The summed E-state index contributed by atoms with van der Waals surface area (Å²) in [5, 5.41) is 2.96. The van der Waals surface area contributed by atoms with E-state index in [0.29, 0.717) is 23.6 Å². The van der Waals surface area contributed by atoms with Gasteiger partial charge in [-0.05, 0) is 48.9 Å². The van der Waals surface area contributed by atoms with Gasteiger partial charge in [-0.1, -0.05) is 12.1 Å². The average Bonchev–Trinajstić information content (AvgIpc) is 3.19. The third kappa shape index (κ3) is 4.67. The number of nitrogens with two attached hydrogens (primary N) is 1. The second kappa shape index (κ2) is 8.58. The molecule has 1 atom stereocenters. The average molecular weight is 353 g/mol. The fourth-order valence-electron chi connectivity index (χ4n) is 3.08. The number of pyridine rings is 1. The van der Waals surface area contributed by atoms with Gasteiger partial charge in [-0.3, -0.25) is 14.6 Å². The number of hydrogen-bond acceptors (Lipinski definition) is 4. The second-order valence-corrected chi connectivity index (χ2v) is 6.54. The molecule has 0 aliphatic carbocycles. The van der Waals surface area contributed by atoms with Crippen LogP contribution in [0.4, 0.5) is 0 Å². The van der Waals surface area contributed by atoms with Gasteiger partial charge in [-0.15, -0.1) is 0 Å². The van der Waals surface area contributed by atoms with Crippen LogP contribution >= 0.6 is 0 Å². The first-order valence-corrected chi connectivity index (χ1v) is 8.85. The number of amides is 2. The predicted octanol–water partition coefficient (Wildman–Crippen LogP) is 2.39. The highest BCUT2D eigenvalue weighted by Crippen LogP contribution is 2.21. The molecule has 0 saturated carbocycles. The van der Waals surface area contributed by atoms with E-state index in [4.69, 9.17) is 10.5 Å². The first-order valence-electron chi connectivity index (χ1n) is 8.85. The first-order chi connectivity index (χ1) is 12.6. The summed E-state index contributed by atoms with van der Waals surface area (Å²) in [4.78, 5) is 27.7. The zero-order valence-corrected chi connectivity index (χ0v) is 14.6. The number of nitrogens with zero attached hydrogens (tertiary/aromatic N) is 1. The van der Waals surface area contributed by atoms with Crippen LogP contribution in [-0.4, -0.2) is 36.6 Å². The van der Waals surface area contributed by atoms with Crippen LogP contribution in [0.3, 0.4) is 0 Å². The van der Waals surface area contributed by atoms with Gasteiger partial charge in [0.2, 0.25) is 5.91 Å². The Morgan fingerprint density at radius 1 is 1.19 bits per heavy atom. The van der Waals surface area contributed by atoms with Crippen molar-refractivity contribution in [3.05, 3.63) is 53.9 Å². The summed E-state index contributed by atoms with van der Waals surface area (Å²) in [6.07, 6.45) is 6.22. The van der Waals surface area contributed by atoms with Gasteiger partial charge < -0.3 is 15.8 Å². The molecule has 2 heterocycles. The quantitative estimate of drug-likeness (QED) is 0.747. The molecule has 3 rings (SSSR count). The van der Waals surface area contributed by atoms with E-state index in [9.17, 15) is 9.59 Å². The molecule has 2 aromatic rings. The molecule has 1 unspecified atom stereocenters.